The minimum Gasteiger partial charge on any atom is -0.465 e. The van der Waals surface area contributed by atoms with E-state index in [1.54, 1.807) is 54.2 Å². The second-order valence-corrected chi connectivity index (χ2v) is 7.16. The minimum absolute atomic E-state index is 0.156. The average molecular weight is 431 g/mol. The summed E-state index contributed by atoms with van der Waals surface area (Å²) in [6.07, 6.45) is 3.17. The fourth-order valence-electron chi connectivity index (χ4n) is 3.43. The first kappa shape index (κ1) is 21.0. The Bertz CT molecular complexity index is 1330. The van der Waals surface area contributed by atoms with Crippen LogP contribution in [0.15, 0.2) is 65.7 Å². The van der Waals surface area contributed by atoms with E-state index in [-0.39, 0.29) is 29.0 Å². The van der Waals surface area contributed by atoms with Crippen molar-refractivity contribution >= 4 is 11.9 Å². The Hall–Kier alpha value is -4.20. The first-order valence-electron chi connectivity index (χ1n) is 10.0. The van der Waals surface area contributed by atoms with Crippen LogP contribution in [0.5, 0.6) is 0 Å². The predicted octanol–water partition coefficient (Wildman–Crippen LogP) is 3.40. The van der Waals surface area contributed by atoms with Gasteiger partial charge in [-0.25, -0.2) is 9.59 Å². The first-order valence-corrected chi connectivity index (χ1v) is 10.0. The van der Waals surface area contributed by atoms with Crippen LogP contribution in [0.3, 0.4) is 0 Å². The van der Waals surface area contributed by atoms with Crippen LogP contribution in [-0.4, -0.2) is 40.0 Å². The monoisotopic (exact) mass is 431 g/mol. The Morgan fingerprint density at radius 1 is 1.00 bits per heavy atom. The van der Waals surface area contributed by atoms with Gasteiger partial charge in [-0.3, -0.25) is 4.79 Å². The number of ether oxygens (including phenoxy) is 2. The van der Waals surface area contributed by atoms with Crippen LogP contribution in [0, 0.1) is 6.92 Å². The van der Waals surface area contributed by atoms with Gasteiger partial charge in [0.25, 0.3) is 5.56 Å². The molecule has 32 heavy (non-hydrogen) atoms. The number of esters is 2. The molecule has 4 rings (SSSR count). The van der Waals surface area contributed by atoms with E-state index in [0.717, 1.165) is 5.56 Å². The lowest BCUT2D eigenvalue weighted by molar-refractivity contribution is 0.0525. The molecule has 8 nitrogen and oxygen atoms in total. The number of methoxy groups -OCH3 is 1. The van der Waals surface area contributed by atoms with E-state index < -0.39 is 11.9 Å². The largest absolute Gasteiger partial charge is 0.465 e. The minimum atomic E-state index is -0.610. The molecule has 0 unspecified atom stereocenters. The van der Waals surface area contributed by atoms with Crippen molar-refractivity contribution < 1.29 is 19.1 Å². The van der Waals surface area contributed by atoms with E-state index in [2.05, 4.69) is 5.10 Å². The molecule has 0 atom stereocenters. The van der Waals surface area contributed by atoms with Gasteiger partial charge in [-0.15, -0.1) is 0 Å². The fourth-order valence-corrected chi connectivity index (χ4v) is 3.43. The number of carbonyl (C=O) groups excluding carboxylic acids is 2. The first-order chi connectivity index (χ1) is 15.4. The highest BCUT2D eigenvalue weighted by Crippen LogP contribution is 2.25. The van der Waals surface area contributed by atoms with Crippen molar-refractivity contribution in [2.45, 2.75) is 13.8 Å². The highest BCUT2D eigenvalue weighted by molar-refractivity contribution is 5.96. The number of nitrogens with zero attached hydrogens (tertiary/aromatic N) is 3. The number of aryl methyl sites for hydroxylation is 1. The predicted molar refractivity (Wildman–Crippen MR) is 118 cm³/mol. The summed E-state index contributed by atoms with van der Waals surface area (Å²) >= 11 is 0. The van der Waals surface area contributed by atoms with Crippen molar-refractivity contribution in [1.82, 2.24) is 14.3 Å². The molecule has 0 spiro atoms. The number of rotatable bonds is 5. The van der Waals surface area contributed by atoms with Gasteiger partial charge >= 0.3 is 11.9 Å². The average Bonchev–Trinajstić information content (AvgIpc) is 3.14. The van der Waals surface area contributed by atoms with Crippen LogP contribution in [0.2, 0.25) is 0 Å². The summed E-state index contributed by atoms with van der Waals surface area (Å²) in [5.74, 6) is -1.03. The SMILES string of the molecule is CCOC(=O)c1ccc(-n2cc(C(=O)OC)c3nn(-c4cccc(C)c4)c(=O)c-3c2)cc1. The molecule has 0 saturated heterocycles. The molecule has 0 amide bonds. The van der Waals surface area contributed by atoms with E-state index in [0.29, 0.717) is 16.9 Å². The number of hydrogen-bond donors (Lipinski definition) is 0. The second kappa shape index (κ2) is 8.50. The van der Waals surface area contributed by atoms with E-state index >= 15 is 0 Å². The summed E-state index contributed by atoms with van der Waals surface area (Å²) < 4.78 is 12.8. The van der Waals surface area contributed by atoms with Crippen LogP contribution in [-0.2, 0) is 9.47 Å². The molecule has 2 aliphatic heterocycles. The molecular formula is C24H21N3O5. The van der Waals surface area contributed by atoms with Crippen LogP contribution in [0.25, 0.3) is 22.6 Å². The number of pyridine rings is 1. The third kappa shape index (κ3) is 3.78. The molecule has 2 aliphatic rings. The third-order valence-corrected chi connectivity index (χ3v) is 5.00. The van der Waals surface area contributed by atoms with Crippen molar-refractivity contribution in [1.29, 1.82) is 0 Å². The molecule has 2 aromatic carbocycles. The Morgan fingerprint density at radius 2 is 1.75 bits per heavy atom. The third-order valence-electron chi connectivity index (χ3n) is 5.00. The molecule has 162 valence electrons. The second-order valence-electron chi connectivity index (χ2n) is 7.16. The highest BCUT2D eigenvalue weighted by atomic mass is 16.5. The molecule has 0 saturated carbocycles. The molecule has 0 bridgehead atoms. The van der Waals surface area contributed by atoms with Gasteiger partial charge < -0.3 is 14.0 Å². The maximum atomic E-state index is 13.2. The zero-order chi connectivity index (χ0) is 22.8. The summed E-state index contributed by atoms with van der Waals surface area (Å²) in [6.45, 7) is 3.94. The van der Waals surface area contributed by atoms with E-state index in [4.69, 9.17) is 9.47 Å². The van der Waals surface area contributed by atoms with Crippen LogP contribution in [0.4, 0.5) is 0 Å². The van der Waals surface area contributed by atoms with E-state index in [1.165, 1.54) is 11.8 Å². The normalized spacial score (nSPS) is 10.8. The van der Waals surface area contributed by atoms with Crippen LogP contribution >= 0.6 is 0 Å². The molecule has 8 heteroatoms. The van der Waals surface area contributed by atoms with Crippen molar-refractivity contribution in [3.8, 4) is 22.6 Å². The van der Waals surface area contributed by atoms with Gasteiger partial charge in [-0.05, 0) is 55.8 Å². The van der Waals surface area contributed by atoms with Crippen molar-refractivity contribution in [3.63, 3.8) is 0 Å². The summed E-state index contributed by atoms with van der Waals surface area (Å²) in [5.41, 5.74) is 2.96. The number of aromatic nitrogens is 3. The van der Waals surface area contributed by atoms with Crippen LogP contribution in [0.1, 0.15) is 33.2 Å². The highest BCUT2D eigenvalue weighted by Gasteiger charge is 2.25. The Kier molecular flexibility index (Phi) is 5.59. The maximum Gasteiger partial charge on any atom is 0.341 e. The van der Waals surface area contributed by atoms with Gasteiger partial charge in [0, 0.05) is 18.1 Å². The van der Waals surface area contributed by atoms with Gasteiger partial charge in [0.1, 0.15) is 11.3 Å². The molecule has 0 fully saturated rings. The molecular weight excluding hydrogens is 410 g/mol. The van der Waals surface area contributed by atoms with Gasteiger partial charge in [0.15, 0.2) is 0 Å². The quantitative estimate of drug-likeness (QED) is 0.450. The number of benzene rings is 2. The molecule has 0 aliphatic carbocycles. The fraction of sp³-hybridized carbons (Fsp3) is 0.167. The lowest BCUT2D eigenvalue weighted by Gasteiger charge is -2.12. The number of carbonyl (C=O) groups is 2. The lowest BCUT2D eigenvalue weighted by Crippen LogP contribution is -2.15. The summed E-state index contributed by atoms with van der Waals surface area (Å²) in [6, 6.07) is 14.0. The van der Waals surface area contributed by atoms with Gasteiger partial charge in [-0.1, -0.05) is 12.1 Å². The lowest BCUT2D eigenvalue weighted by atomic mass is 10.1. The molecule has 0 aromatic heterocycles. The Labute approximate surface area is 184 Å². The Morgan fingerprint density at radius 3 is 2.41 bits per heavy atom. The zero-order valence-electron chi connectivity index (χ0n) is 17.9. The summed E-state index contributed by atoms with van der Waals surface area (Å²) in [7, 11) is 1.27. The van der Waals surface area contributed by atoms with Gasteiger partial charge in [0.2, 0.25) is 0 Å². The molecule has 0 radical (unpaired) electrons. The molecule has 2 heterocycles. The van der Waals surface area contributed by atoms with Crippen molar-refractivity contribution in [2.24, 2.45) is 0 Å². The zero-order valence-corrected chi connectivity index (χ0v) is 17.9. The maximum absolute atomic E-state index is 13.2. The van der Waals surface area contributed by atoms with Crippen LogP contribution < -0.4 is 5.56 Å². The van der Waals surface area contributed by atoms with E-state index in [1.807, 2.05) is 25.1 Å². The van der Waals surface area contributed by atoms with Gasteiger partial charge in [0.05, 0.1) is 30.5 Å². The van der Waals surface area contributed by atoms with Crippen molar-refractivity contribution in [2.75, 3.05) is 13.7 Å². The Balaban J connectivity index is 1.87. The number of fused-ring (bicyclic) bond motifs is 1. The number of hydrogen-bond acceptors (Lipinski definition) is 6. The topological polar surface area (TPSA) is 92.4 Å². The molecule has 2 aromatic rings. The summed E-state index contributed by atoms with van der Waals surface area (Å²) in [4.78, 5) is 37.6. The standard InChI is InChI=1S/C24H21N3O5/c1-4-32-23(29)16-8-10-17(11-9-16)26-13-19-21(20(14-26)24(30)31-3)25-27(22(19)28)18-7-5-6-15(2)12-18/h5-14H,4H2,1-3H3. The van der Waals surface area contributed by atoms with E-state index in [9.17, 15) is 14.4 Å². The van der Waals surface area contributed by atoms with Crippen molar-refractivity contribution in [3.05, 3.63) is 88.0 Å². The van der Waals surface area contributed by atoms with Gasteiger partial charge in [-0.2, -0.15) is 9.78 Å². The smallest absolute Gasteiger partial charge is 0.341 e. The molecule has 0 N–H and O–H groups in total. The summed E-state index contributed by atoms with van der Waals surface area (Å²) in [5, 5.41) is 4.41.